The normalized spacial score (nSPS) is 12.0. The van der Waals surface area contributed by atoms with Crippen LogP contribution in [0.4, 0.5) is 10.1 Å². The maximum absolute atomic E-state index is 12.9. The van der Waals surface area contributed by atoms with Crippen LogP contribution in [0.5, 0.6) is 5.75 Å². The van der Waals surface area contributed by atoms with Crippen LogP contribution in [0, 0.1) is 5.82 Å². The largest absolute Gasteiger partial charge is 0.496 e. The molecular weight excluding hydrogens is 309 g/mol. The Hall–Kier alpha value is -1.55. The summed E-state index contributed by atoms with van der Waals surface area (Å²) in [5.74, 6) is 0.572. The molecular formula is C15H15BrFNO. The molecule has 0 radical (unpaired) electrons. The van der Waals surface area contributed by atoms with Crippen molar-refractivity contribution < 1.29 is 9.13 Å². The van der Waals surface area contributed by atoms with Gasteiger partial charge in [0.2, 0.25) is 0 Å². The molecule has 1 unspecified atom stereocenters. The maximum atomic E-state index is 12.9. The van der Waals surface area contributed by atoms with Crippen molar-refractivity contribution in [1.29, 1.82) is 0 Å². The molecule has 100 valence electrons. The third kappa shape index (κ3) is 3.47. The minimum Gasteiger partial charge on any atom is -0.496 e. The summed E-state index contributed by atoms with van der Waals surface area (Å²) in [5, 5.41) is 3.36. The van der Waals surface area contributed by atoms with E-state index in [0.717, 1.165) is 21.5 Å². The van der Waals surface area contributed by atoms with Crippen molar-refractivity contribution in [3.63, 3.8) is 0 Å². The van der Waals surface area contributed by atoms with Crippen molar-refractivity contribution in [2.75, 3.05) is 12.4 Å². The van der Waals surface area contributed by atoms with Gasteiger partial charge in [0, 0.05) is 11.7 Å². The van der Waals surface area contributed by atoms with Crippen molar-refractivity contribution in [3.8, 4) is 5.75 Å². The third-order valence-electron chi connectivity index (χ3n) is 2.90. The molecule has 0 aliphatic carbocycles. The predicted octanol–water partition coefficient (Wildman–Crippen LogP) is 4.77. The van der Waals surface area contributed by atoms with Gasteiger partial charge in [-0.25, -0.2) is 4.39 Å². The van der Waals surface area contributed by atoms with Gasteiger partial charge in [-0.2, -0.15) is 0 Å². The quantitative estimate of drug-likeness (QED) is 0.875. The van der Waals surface area contributed by atoms with Crippen LogP contribution in [0.2, 0.25) is 0 Å². The van der Waals surface area contributed by atoms with E-state index < -0.39 is 0 Å². The number of hydrogen-bond acceptors (Lipinski definition) is 2. The van der Waals surface area contributed by atoms with Gasteiger partial charge < -0.3 is 10.1 Å². The highest BCUT2D eigenvalue weighted by atomic mass is 79.9. The molecule has 0 amide bonds. The summed E-state index contributed by atoms with van der Waals surface area (Å²) in [4.78, 5) is 0. The fourth-order valence-electron chi connectivity index (χ4n) is 1.84. The summed E-state index contributed by atoms with van der Waals surface area (Å²) in [5.41, 5.74) is 2.01. The number of rotatable bonds is 4. The number of anilines is 1. The van der Waals surface area contributed by atoms with E-state index in [2.05, 4.69) is 21.2 Å². The first-order valence-corrected chi connectivity index (χ1v) is 6.75. The van der Waals surface area contributed by atoms with E-state index in [1.807, 2.05) is 25.1 Å². The number of hydrogen-bond donors (Lipinski definition) is 1. The molecule has 0 bridgehead atoms. The Morgan fingerprint density at radius 1 is 1.16 bits per heavy atom. The van der Waals surface area contributed by atoms with Crippen LogP contribution < -0.4 is 10.1 Å². The summed E-state index contributed by atoms with van der Waals surface area (Å²) in [7, 11) is 1.63. The zero-order valence-electron chi connectivity index (χ0n) is 10.8. The maximum Gasteiger partial charge on any atom is 0.133 e. The second-order valence-electron chi connectivity index (χ2n) is 4.27. The Balaban J connectivity index is 2.12. The molecule has 0 heterocycles. The van der Waals surface area contributed by atoms with E-state index >= 15 is 0 Å². The summed E-state index contributed by atoms with van der Waals surface area (Å²) in [6, 6.07) is 12.4. The van der Waals surface area contributed by atoms with Crippen molar-refractivity contribution in [3.05, 3.63) is 58.3 Å². The molecule has 2 aromatic carbocycles. The summed E-state index contributed by atoms with van der Waals surface area (Å²) < 4.78 is 19.0. The molecule has 0 aliphatic heterocycles. The minimum atomic E-state index is -0.219. The zero-order chi connectivity index (χ0) is 13.8. The lowest BCUT2D eigenvalue weighted by Crippen LogP contribution is -2.06. The standard InChI is InChI=1S/C15H15BrFNO/c1-10(11-3-5-12(17)6-4-11)18-13-7-8-15(19-2)14(16)9-13/h3-10,18H,1-2H3. The fraction of sp³-hybridized carbons (Fsp3) is 0.200. The van der Waals surface area contributed by atoms with E-state index in [4.69, 9.17) is 4.74 Å². The summed E-state index contributed by atoms with van der Waals surface area (Å²) in [6.45, 7) is 2.03. The van der Waals surface area contributed by atoms with Gasteiger partial charge in [-0.05, 0) is 58.7 Å². The molecule has 0 aromatic heterocycles. The SMILES string of the molecule is COc1ccc(NC(C)c2ccc(F)cc2)cc1Br. The Morgan fingerprint density at radius 2 is 1.84 bits per heavy atom. The smallest absolute Gasteiger partial charge is 0.133 e. The number of nitrogens with one attached hydrogen (secondary N) is 1. The third-order valence-corrected chi connectivity index (χ3v) is 3.52. The van der Waals surface area contributed by atoms with Gasteiger partial charge in [0.25, 0.3) is 0 Å². The van der Waals surface area contributed by atoms with Crippen LogP contribution in [-0.4, -0.2) is 7.11 Å². The fourth-order valence-corrected chi connectivity index (χ4v) is 2.38. The van der Waals surface area contributed by atoms with E-state index in [0.29, 0.717) is 0 Å². The van der Waals surface area contributed by atoms with E-state index in [9.17, 15) is 4.39 Å². The van der Waals surface area contributed by atoms with Gasteiger partial charge in [0.05, 0.1) is 11.6 Å². The molecule has 2 rings (SSSR count). The summed E-state index contributed by atoms with van der Waals surface area (Å²) >= 11 is 3.45. The van der Waals surface area contributed by atoms with Gasteiger partial charge in [0.1, 0.15) is 11.6 Å². The monoisotopic (exact) mass is 323 g/mol. The molecule has 0 aliphatic rings. The zero-order valence-corrected chi connectivity index (χ0v) is 12.4. The van der Waals surface area contributed by atoms with Crippen LogP contribution in [0.3, 0.4) is 0 Å². The van der Waals surface area contributed by atoms with Crippen LogP contribution in [0.25, 0.3) is 0 Å². The summed E-state index contributed by atoms with van der Waals surface area (Å²) in [6.07, 6.45) is 0. The topological polar surface area (TPSA) is 21.3 Å². The molecule has 4 heteroatoms. The van der Waals surface area contributed by atoms with Gasteiger partial charge in [-0.3, -0.25) is 0 Å². The highest BCUT2D eigenvalue weighted by molar-refractivity contribution is 9.10. The van der Waals surface area contributed by atoms with E-state index in [-0.39, 0.29) is 11.9 Å². The molecule has 0 spiro atoms. The van der Waals surface area contributed by atoms with Gasteiger partial charge in [-0.15, -0.1) is 0 Å². The Morgan fingerprint density at radius 3 is 2.42 bits per heavy atom. The highest BCUT2D eigenvalue weighted by Crippen LogP contribution is 2.29. The average molecular weight is 324 g/mol. The number of benzene rings is 2. The lowest BCUT2D eigenvalue weighted by Gasteiger charge is -2.16. The van der Waals surface area contributed by atoms with Crippen molar-refractivity contribution in [2.45, 2.75) is 13.0 Å². The molecule has 0 fully saturated rings. The van der Waals surface area contributed by atoms with Gasteiger partial charge in [-0.1, -0.05) is 12.1 Å². The molecule has 0 saturated heterocycles. The van der Waals surface area contributed by atoms with Crippen LogP contribution in [0.1, 0.15) is 18.5 Å². The highest BCUT2D eigenvalue weighted by Gasteiger charge is 2.07. The number of methoxy groups -OCH3 is 1. The molecule has 1 atom stereocenters. The number of ether oxygens (including phenoxy) is 1. The van der Waals surface area contributed by atoms with E-state index in [1.54, 1.807) is 19.2 Å². The van der Waals surface area contributed by atoms with Gasteiger partial charge >= 0.3 is 0 Å². The molecule has 2 aromatic rings. The molecule has 2 nitrogen and oxygen atoms in total. The Bertz CT molecular complexity index is 557. The Kier molecular flexibility index (Phi) is 4.43. The average Bonchev–Trinajstić information content (AvgIpc) is 2.39. The van der Waals surface area contributed by atoms with Crippen molar-refractivity contribution in [2.24, 2.45) is 0 Å². The first-order chi connectivity index (χ1) is 9.10. The van der Waals surface area contributed by atoms with E-state index in [1.165, 1.54) is 12.1 Å². The van der Waals surface area contributed by atoms with Crippen molar-refractivity contribution in [1.82, 2.24) is 0 Å². The predicted molar refractivity (Wildman–Crippen MR) is 79.1 cm³/mol. The Labute approximate surface area is 120 Å². The molecule has 19 heavy (non-hydrogen) atoms. The van der Waals surface area contributed by atoms with Crippen LogP contribution in [0.15, 0.2) is 46.9 Å². The first-order valence-electron chi connectivity index (χ1n) is 5.95. The lowest BCUT2D eigenvalue weighted by molar-refractivity contribution is 0.412. The second-order valence-corrected chi connectivity index (χ2v) is 5.12. The molecule has 1 N–H and O–H groups in total. The molecule has 0 saturated carbocycles. The van der Waals surface area contributed by atoms with Gasteiger partial charge in [0.15, 0.2) is 0 Å². The lowest BCUT2D eigenvalue weighted by atomic mass is 10.1. The minimum absolute atomic E-state index is 0.0981. The first kappa shape index (κ1) is 13.9. The number of halogens is 2. The van der Waals surface area contributed by atoms with Crippen molar-refractivity contribution >= 4 is 21.6 Å². The van der Waals surface area contributed by atoms with Crippen LogP contribution in [-0.2, 0) is 0 Å². The van der Waals surface area contributed by atoms with Crippen LogP contribution >= 0.6 is 15.9 Å². The second kappa shape index (κ2) is 6.06.